The van der Waals surface area contributed by atoms with Gasteiger partial charge in [-0.25, -0.2) is 4.79 Å². The molecule has 0 heterocycles. The van der Waals surface area contributed by atoms with Crippen LogP contribution >= 0.6 is 0 Å². The van der Waals surface area contributed by atoms with Gasteiger partial charge in [-0.1, -0.05) is 48.5 Å². The molecule has 2 rings (SSSR count). The highest BCUT2D eigenvalue weighted by molar-refractivity contribution is 5.74. The van der Waals surface area contributed by atoms with Gasteiger partial charge >= 0.3 is 6.16 Å². The number of benzene rings is 2. The molecular formula is C16H16O4. The van der Waals surface area contributed by atoms with Gasteiger partial charge in [0.05, 0.1) is 6.61 Å². The van der Waals surface area contributed by atoms with Crippen LogP contribution in [0.15, 0.2) is 54.6 Å². The minimum atomic E-state index is -0.731. The smallest absolute Gasteiger partial charge is 0.432 e. The summed E-state index contributed by atoms with van der Waals surface area (Å²) in [5.74, 6) is 0.473. The molecule has 0 aliphatic carbocycles. The summed E-state index contributed by atoms with van der Waals surface area (Å²) < 4.78 is 14.9. The first-order valence-electron chi connectivity index (χ1n) is 6.29. The van der Waals surface area contributed by atoms with Crippen LogP contribution in [0, 0.1) is 0 Å². The van der Waals surface area contributed by atoms with Gasteiger partial charge in [-0.05, 0) is 11.6 Å². The Kier molecular flexibility index (Phi) is 5.15. The van der Waals surface area contributed by atoms with Crippen molar-refractivity contribution in [3.8, 4) is 16.9 Å². The summed E-state index contributed by atoms with van der Waals surface area (Å²) in [5, 5.41) is 0. The molecule has 0 saturated heterocycles. The molecule has 0 spiro atoms. The standard InChI is InChI=1S/C16H16O4/c1-18-11-12-19-16(17)20-15-10-6-5-9-14(15)13-7-3-2-4-8-13/h2-10H,11-12H2,1H3. The van der Waals surface area contributed by atoms with E-state index in [4.69, 9.17) is 14.2 Å². The Morgan fingerprint density at radius 1 is 0.950 bits per heavy atom. The first-order chi connectivity index (χ1) is 9.81. The maximum absolute atomic E-state index is 11.6. The van der Waals surface area contributed by atoms with Crippen LogP contribution in [-0.4, -0.2) is 26.5 Å². The van der Waals surface area contributed by atoms with E-state index in [1.54, 1.807) is 13.2 Å². The Bertz CT molecular complexity index is 551. The number of hydrogen-bond donors (Lipinski definition) is 0. The first-order valence-corrected chi connectivity index (χ1v) is 6.29. The molecule has 0 unspecified atom stereocenters. The van der Waals surface area contributed by atoms with Crippen LogP contribution in [0.25, 0.3) is 11.1 Å². The lowest BCUT2D eigenvalue weighted by Gasteiger charge is -2.10. The van der Waals surface area contributed by atoms with Crippen molar-refractivity contribution in [3.63, 3.8) is 0 Å². The van der Waals surface area contributed by atoms with Crippen LogP contribution < -0.4 is 4.74 Å². The third-order valence-corrected chi connectivity index (χ3v) is 2.67. The van der Waals surface area contributed by atoms with Crippen molar-refractivity contribution in [2.75, 3.05) is 20.3 Å². The van der Waals surface area contributed by atoms with E-state index in [1.165, 1.54) is 0 Å². The van der Waals surface area contributed by atoms with E-state index >= 15 is 0 Å². The number of ether oxygens (including phenoxy) is 3. The predicted octanol–water partition coefficient (Wildman–Crippen LogP) is 3.52. The van der Waals surface area contributed by atoms with Crippen molar-refractivity contribution < 1.29 is 19.0 Å². The lowest BCUT2D eigenvalue weighted by molar-refractivity contribution is 0.0687. The quantitative estimate of drug-likeness (QED) is 0.474. The summed E-state index contributed by atoms with van der Waals surface area (Å²) in [6.07, 6.45) is -0.731. The Hall–Kier alpha value is -2.33. The van der Waals surface area contributed by atoms with E-state index in [2.05, 4.69) is 0 Å². The summed E-state index contributed by atoms with van der Waals surface area (Å²) in [5.41, 5.74) is 1.82. The molecule has 0 radical (unpaired) electrons. The molecule has 104 valence electrons. The van der Waals surface area contributed by atoms with E-state index in [-0.39, 0.29) is 6.61 Å². The fourth-order valence-corrected chi connectivity index (χ4v) is 1.74. The molecule has 0 bridgehead atoms. The van der Waals surface area contributed by atoms with Gasteiger partial charge in [0.2, 0.25) is 0 Å². The van der Waals surface area contributed by atoms with Gasteiger partial charge in [0.15, 0.2) is 0 Å². The number of para-hydroxylation sites is 1. The van der Waals surface area contributed by atoms with Crippen molar-refractivity contribution >= 4 is 6.16 Å². The fourth-order valence-electron chi connectivity index (χ4n) is 1.74. The maximum Gasteiger partial charge on any atom is 0.513 e. The van der Waals surface area contributed by atoms with E-state index in [0.29, 0.717) is 12.4 Å². The molecule has 20 heavy (non-hydrogen) atoms. The first kappa shape index (κ1) is 14.1. The highest BCUT2D eigenvalue weighted by Crippen LogP contribution is 2.29. The second-order valence-corrected chi connectivity index (χ2v) is 4.06. The molecule has 0 atom stereocenters. The van der Waals surface area contributed by atoms with Crippen molar-refractivity contribution in [2.45, 2.75) is 0 Å². The summed E-state index contributed by atoms with van der Waals surface area (Å²) in [6.45, 7) is 0.512. The molecule has 0 amide bonds. The van der Waals surface area contributed by atoms with Crippen LogP contribution in [0.4, 0.5) is 4.79 Å². The number of hydrogen-bond acceptors (Lipinski definition) is 4. The van der Waals surface area contributed by atoms with Gasteiger partial charge in [0, 0.05) is 12.7 Å². The number of rotatable bonds is 5. The van der Waals surface area contributed by atoms with E-state index < -0.39 is 6.16 Å². The van der Waals surface area contributed by atoms with Crippen LogP contribution in [0.1, 0.15) is 0 Å². The Morgan fingerprint density at radius 3 is 2.40 bits per heavy atom. The lowest BCUT2D eigenvalue weighted by Crippen LogP contribution is -2.14. The molecule has 4 nitrogen and oxygen atoms in total. The molecule has 0 aromatic heterocycles. The highest BCUT2D eigenvalue weighted by atomic mass is 16.7. The van der Waals surface area contributed by atoms with E-state index in [0.717, 1.165) is 11.1 Å². The Labute approximate surface area is 117 Å². The zero-order valence-corrected chi connectivity index (χ0v) is 11.2. The fraction of sp³-hybridized carbons (Fsp3) is 0.188. The molecule has 0 N–H and O–H groups in total. The zero-order valence-electron chi connectivity index (χ0n) is 11.2. The van der Waals surface area contributed by atoms with E-state index in [9.17, 15) is 4.79 Å². The third kappa shape index (κ3) is 3.83. The molecule has 0 aliphatic heterocycles. The topological polar surface area (TPSA) is 44.8 Å². The second kappa shape index (κ2) is 7.31. The summed E-state index contributed by atoms with van der Waals surface area (Å²) in [7, 11) is 1.54. The molecule has 0 saturated carbocycles. The average Bonchev–Trinajstić information content (AvgIpc) is 2.49. The Morgan fingerprint density at radius 2 is 1.65 bits per heavy atom. The van der Waals surface area contributed by atoms with Gasteiger partial charge in [0.1, 0.15) is 12.4 Å². The van der Waals surface area contributed by atoms with Gasteiger partial charge in [-0.15, -0.1) is 0 Å². The molecule has 2 aromatic carbocycles. The van der Waals surface area contributed by atoms with Gasteiger partial charge in [-0.2, -0.15) is 0 Å². The van der Waals surface area contributed by atoms with Gasteiger partial charge in [-0.3, -0.25) is 0 Å². The van der Waals surface area contributed by atoms with Gasteiger partial charge < -0.3 is 14.2 Å². The normalized spacial score (nSPS) is 10.1. The largest absolute Gasteiger partial charge is 0.513 e. The number of methoxy groups -OCH3 is 1. The van der Waals surface area contributed by atoms with Crippen LogP contribution in [-0.2, 0) is 9.47 Å². The molecule has 0 fully saturated rings. The Balaban J connectivity index is 2.11. The zero-order chi connectivity index (χ0) is 14.2. The molecule has 4 heteroatoms. The van der Waals surface area contributed by atoms with Crippen molar-refractivity contribution in [1.29, 1.82) is 0 Å². The summed E-state index contributed by atoms with van der Waals surface area (Å²) in [6, 6.07) is 17.1. The lowest BCUT2D eigenvalue weighted by atomic mass is 10.1. The number of carbonyl (C=O) groups excluding carboxylic acids is 1. The van der Waals surface area contributed by atoms with Crippen molar-refractivity contribution in [1.82, 2.24) is 0 Å². The molecule has 0 aliphatic rings. The van der Waals surface area contributed by atoms with Gasteiger partial charge in [0.25, 0.3) is 0 Å². The predicted molar refractivity (Wildman–Crippen MR) is 75.7 cm³/mol. The highest BCUT2D eigenvalue weighted by Gasteiger charge is 2.11. The third-order valence-electron chi connectivity index (χ3n) is 2.67. The summed E-state index contributed by atoms with van der Waals surface area (Å²) >= 11 is 0. The molecule has 2 aromatic rings. The van der Waals surface area contributed by atoms with Crippen molar-refractivity contribution in [3.05, 3.63) is 54.6 Å². The van der Waals surface area contributed by atoms with Crippen LogP contribution in [0.5, 0.6) is 5.75 Å². The average molecular weight is 272 g/mol. The minimum Gasteiger partial charge on any atom is -0.432 e. The SMILES string of the molecule is COCCOC(=O)Oc1ccccc1-c1ccccc1. The maximum atomic E-state index is 11.6. The van der Waals surface area contributed by atoms with Crippen LogP contribution in [0.3, 0.4) is 0 Å². The van der Waals surface area contributed by atoms with Crippen molar-refractivity contribution in [2.24, 2.45) is 0 Å². The number of carbonyl (C=O) groups is 1. The summed E-state index contributed by atoms with van der Waals surface area (Å²) in [4.78, 5) is 11.6. The van der Waals surface area contributed by atoms with E-state index in [1.807, 2.05) is 48.5 Å². The minimum absolute atomic E-state index is 0.169. The molecular weight excluding hydrogens is 256 g/mol. The van der Waals surface area contributed by atoms with Crippen LogP contribution in [0.2, 0.25) is 0 Å². The monoisotopic (exact) mass is 272 g/mol. The second-order valence-electron chi connectivity index (χ2n) is 4.06.